The molecule has 0 saturated carbocycles. The maximum Gasteiger partial charge on any atom is 0.223 e. The topological polar surface area (TPSA) is 38.8 Å². The van der Waals surface area contributed by atoms with E-state index in [9.17, 15) is 4.79 Å². The molecule has 4 rings (SSSR count). The molecule has 1 aliphatic rings. The van der Waals surface area contributed by atoms with E-state index in [-0.39, 0.29) is 11.9 Å². The summed E-state index contributed by atoms with van der Waals surface area (Å²) < 4.78 is 11.0. The predicted molar refractivity (Wildman–Crippen MR) is 121 cm³/mol. The molecule has 1 atom stereocenters. The Morgan fingerprint density at radius 3 is 2.60 bits per heavy atom. The molecule has 0 saturated heterocycles. The molecule has 1 aromatic heterocycles. The molecule has 0 spiro atoms. The van der Waals surface area contributed by atoms with Crippen molar-refractivity contribution in [2.45, 2.75) is 25.3 Å². The van der Waals surface area contributed by atoms with Gasteiger partial charge in [-0.15, -0.1) is 11.3 Å². The fourth-order valence-corrected chi connectivity index (χ4v) is 5.14. The standard InChI is InChI=1S/C24H24ClNO3S/c1-28-20-14-17-11-12-26(23(27)10-9-16-6-3-4-7-19(16)25)24(22-8-5-13-30-22)18(17)15-21(20)29-2/h3-8,13-15,24H,9-12H2,1-2H3. The Morgan fingerprint density at radius 2 is 1.90 bits per heavy atom. The van der Waals surface area contributed by atoms with Gasteiger partial charge in [0, 0.05) is 22.9 Å². The highest BCUT2D eigenvalue weighted by Gasteiger charge is 2.33. The molecule has 156 valence electrons. The van der Waals surface area contributed by atoms with Crippen molar-refractivity contribution in [1.82, 2.24) is 4.90 Å². The lowest BCUT2D eigenvalue weighted by atomic mass is 9.90. The van der Waals surface area contributed by atoms with E-state index < -0.39 is 0 Å². The number of methoxy groups -OCH3 is 2. The lowest BCUT2D eigenvalue weighted by molar-refractivity contribution is -0.133. The zero-order valence-electron chi connectivity index (χ0n) is 17.1. The van der Waals surface area contributed by atoms with Gasteiger partial charge in [-0.05, 0) is 59.2 Å². The van der Waals surface area contributed by atoms with Gasteiger partial charge >= 0.3 is 0 Å². The highest BCUT2D eigenvalue weighted by molar-refractivity contribution is 7.10. The molecular formula is C24H24ClNO3S. The molecule has 0 bridgehead atoms. The number of ether oxygens (including phenoxy) is 2. The van der Waals surface area contributed by atoms with E-state index in [2.05, 4.69) is 11.4 Å². The van der Waals surface area contributed by atoms with Crippen molar-refractivity contribution in [2.75, 3.05) is 20.8 Å². The second-order valence-electron chi connectivity index (χ2n) is 7.25. The zero-order valence-corrected chi connectivity index (χ0v) is 18.6. The number of thiophene rings is 1. The number of carbonyl (C=O) groups excluding carboxylic acids is 1. The molecule has 2 aromatic carbocycles. The molecule has 1 amide bonds. The van der Waals surface area contributed by atoms with Crippen LogP contribution in [0.25, 0.3) is 0 Å². The highest BCUT2D eigenvalue weighted by atomic mass is 35.5. The van der Waals surface area contributed by atoms with E-state index >= 15 is 0 Å². The molecule has 6 heteroatoms. The van der Waals surface area contributed by atoms with E-state index in [0.717, 1.165) is 28.2 Å². The maximum absolute atomic E-state index is 13.3. The molecular weight excluding hydrogens is 418 g/mol. The minimum atomic E-state index is -0.118. The fourth-order valence-electron chi connectivity index (χ4n) is 4.05. The van der Waals surface area contributed by atoms with Gasteiger partial charge in [0.25, 0.3) is 0 Å². The van der Waals surface area contributed by atoms with Gasteiger partial charge in [0.1, 0.15) is 0 Å². The Morgan fingerprint density at radius 1 is 1.13 bits per heavy atom. The summed E-state index contributed by atoms with van der Waals surface area (Å²) in [6.07, 6.45) is 1.84. The highest BCUT2D eigenvalue weighted by Crippen LogP contribution is 2.42. The lowest BCUT2D eigenvalue weighted by Crippen LogP contribution is -2.40. The second-order valence-corrected chi connectivity index (χ2v) is 8.64. The summed E-state index contributed by atoms with van der Waals surface area (Å²) in [5, 5.41) is 2.76. The first kappa shape index (κ1) is 20.8. The fraction of sp³-hybridized carbons (Fsp3) is 0.292. The number of hydrogen-bond donors (Lipinski definition) is 0. The van der Waals surface area contributed by atoms with Gasteiger partial charge in [0.05, 0.1) is 20.3 Å². The average molecular weight is 442 g/mol. The number of halogens is 1. The van der Waals surface area contributed by atoms with E-state index in [0.29, 0.717) is 30.2 Å². The second kappa shape index (κ2) is 9.11. The number of amides is 1. The Labute approximate surface area is 186 Å². The van der Waals surface area contributed by atoms with Gasteiger partial charge in [0.15, 0.2) is 11.5 Å². The molecule has 1 aliphatic heterocycles. The number of hydrogen-bond acceptors (Lipinski definition) is 4. The third-order valence-corrected chi connectivity index (χ3v) is 6.87. The van der Waals surface area contributed by atoms with Crippen molar-refractivity contribution in [3.8, 4) is 11.5 Å². The summed E-state index contributed by atoms with van der Waals surface area (Å²) in [4.78, 5) is 16.5. The van der Waals surface area contributed by atoms with E-state index in [1.54, 1.807) is 25.6 Å². The summed E-state index contributed by atoms with van der Waals surface area (Å²) in [5.41, 5.74) is 3.30. The first-order valence-electron chi connectivity index (χ1n) is 9.93. The number of nitrogens with zero attached hydrogens (tertiary/aromatic N) is 1. The van der Waals surface area contributed by atoms with Gasteiger partial charge in [-0.2, -0.15) is 0 Å². The molecule has 0 fully saturated rings. The van der Waals surface area contributed by atoms with Crippen LogP contribution in [0.15, 0.2) is 53.9 Å². The monoisotopic (exact) mass is 441 g/mol. The number of carbonyl (C=O) groups is 1. The first-order chi connectivity index (χ1) is 14.6. The van der Waals surface area contributed by atoms with Crippen molar-refractivity contribution in [2.24, 2.45) is 0 Å². The summed E-state index contributed by atoms with van der Waals surface area (Å²) in [6, 6.07) is 15.8. The molecule has 1 unspecified atom stereocenters. The van der Waals surface area contributed by atoms with Crippen LogP contribution in [0.4, 0.5) is 0 Å². The van der Waals surface area contributed by atoms with Gasteiger partial charge in [-0.1, -0.05) is 35.9 Å². The van der Waals surface area contributed by atoms with Crippen LogP contribution >= 0.6 is 22.9 Å². The van der Waals surface area contributed by atoms with Crippen LogP contribution in [0.1, 0.15) is 34.0 Å². The van der Waals surface area contributed by atoms with Crippen molar-refractivity contribution in [3.63, 3.8) is 0 Å². The summed E-state index contributed by atoms with van der Waals surface area (Å²) in [7, 11) is 3.29. The van der Waals surface area contributed by atoms with Crippen molar-refractivity contribution in [3.05, 3.63) is 80.5 Å². The largest absolute Gasteiger partial charge is 0.493 e. The maximum atomic E-state index is 13.3. The van der Waals surface area contributed by atoms with Crippen LogP contribution in [0, 0.1) is 0 Å². The SMILES string of the molecule is COc1cc2c(cc1OC)C(c1cccs1)N(C(=O)CCc1ccccc1Cl)CC2. The summed E-state index contributed by atoms with van der Waals surface area (Å²) in [6.45, 7) is 0.673. The van der Waals surface area contributed by atoms with Crippen molar-refractivity contribution < 1.29 is 14.3 Å². The normalized spacial score (nSPS) is 15.6. The Balaban J connectivity index is 1.65. The number of aryl methyl sites for hydroxylation is 1. The molecule has 0 aliphatic carbocycles. The van der Waals surface area contributed by atoms with Gasteiger partial charge in [-0.3, -0.25) is 4.79 Å². The van der Waals surface area contributed by atoms with Crippen LogP contribution in [0.2, 0.25) is 5.02 Å². The van der Waals surface area contributed by atoms with Crippen LogP contribution in [0.5, 0.6) is 11.5 Å². The lowest BCUT2D eigenvalue weighted by Gasteiger charge is -2.37. The minimum Gasteiger partial charge on any atom is -0.493 e. The Hall–Kier alpha value is -2.50. The third kappa shape index (κ3) is 4.05. The van der Waals surface area contributed by atoms with Gasteiger partial charge in [0.2, 0.25) is 5.91 Å². The molecule has 0 radical (unpaired) electrons. The van der Waals surface area contributed by atoms with Gasteiger partial charge in [-0.25, -0.2) is 0 Å². The number of fused-ring (bicyclic) bond motifs is 1. The number of rotatable bonds is 6. The predicted octanol–water partition coefficient (Wildman–Crippen LogP) is 5.53. The molecule has 4 nitrogen and oxygen atoms in total. The zero-order chi connectivity index (χ0) is 21.1. The first-order valence-corrected chi connectivity index (χ1v) is 11.2. The Bertz CT molecular complexity index is 1030. The molecule has 30 heavy (non-hydrogen) atoms. The summed E-state index contributed by atoms with van der Waals surface area (Å²) in [5.74, 6) is 1.54. The molecule has 0 N–H and O–H groups in total. The Kier molecular flexibility index (Phi) is 6.30. The van der Waals surface area contributed by atoms with Crippen molar-refractivity contribution in [1.29, 1.82) is 0 Å². The summed E-state index contributed by atoms with van der Waals surface area (Å²) >= 11 is 7.95. The van der Waals surface area contributed by atoms with E-state index in [1.165, 1.54) is 5.56 Å². The van der Waals surface area contributed by atoms with Crippen LogP contribution in [-0.4, -0.2) is 31.6 Å². The minimum absolute atomic E-state index is 0.118. The van der Waals surface area contributed by atoms with E-state index in [1.807, 2.05) is 47.4 Å². The van der Waals surface area contributed by atoms with Crippen molar-refractivity contribution >= 4 is 28.8 Å². The van der Waals surface area contributed by atoms with Crippen LogP contribution < -0.4 is 9.47 Å². The molecule has 2 heterocycles. The van der Waals surface area contributed by atoms with E-state index in [4.69, 9.17) is 21.1 Å². The quantitative estimate of drug-likeness (QED) is 0.505. The van der Waals surface area contributed by atoms with Crippen LogP contribution in [0.3, 0.4) is 0 Å². The smallest absolute Gasteiger partial charge is 0.223 e. The third-order valence-electron chi connectivity index (χ3n) is 5.57. The average Bonchev–Trinajstić information content (AvgIpc) is 3.31. The van der Waals surface area contributed by atoms with Gasteiger partial charge < -0.3 is 14.4 Å². The molecule has 3 aromatic rings. The van der Waals surface area contributed by atoms with Crippen LogP contribution in [-0.2, 0) is 17.6 Å². The number of benzene rings is 2.